The van der Waals surface area contributed by atoms with Crippen LogP contribution in [-0.2, 0) is 30.1 Å². The molecule has 16 nitrogen and oxygen atoms in total. The zero-order valence-corrected chi connectivity index (χ0v) is 38.8. The van der Waals surface area contributed by atoms with Crippen molar-refractivity contribution in [2.75, 3.05) is 40.5 Å². The number of likely N-dealkylation sites (N-methyl/N-ethyl adjacent to an activating group) is 2. The summed E-state index contributed by atoms with van der Waals surface area (Å²) in [5.41, 5.74) is 13.5. The van der Waals surface area contributed by atoms with Gasteiger partial charge in [-0.05, 0) is 92.5 Å². The summed E-state index contributed by atoms with van der Waals surface area (Å²) in [6.07, 6.45) is 4.25. The summed E-state index contributed by atoms with van der Waals surface area (Å²) >= 11 is 3.47. The summed E-state index contributed by atoms with van der Waals surface area (Å²) in [5, 5.41) is 17.5. The third-order valence-corrected chi connectivity index (χ3v) is 13.5. The third kappa shape index (κ3) is 8.63. The fourth-order valence-electron chi connectivity index (χ4n) is 9.61. The van der Waals surface area contributed by atoms with Crippen molar-refractivity contribution in [3.05, 3.63) is 112 Å². The van der Waals surface area contributed by atoms with Gasteiger partial charge in [0.25, 0.3) is 11.8 Å². The molecule has 4 spiro atoms. The van der Waals surface area contributed by atoms with Crippen LogP contribution in [0.25, 0.3) is 11.1 Å². The number of amides is 2. The van der Waals surface area contributed by atoms with E-state index in [1.165, 1.54) is 22.8 Å². The predicted molar refractivity (Wildman–Crippen MR) is 250 cm³/mol. The summed E-state index contributed by atoms with van der Waals surface area (Å²) in [6, 6.07) is 25.2. The van der Waals surface area contributed by atoms with Gasteiger partial charge in [0.15, 0.2) is 34.6 Å². The Morgan fingerprint density at radius 3 is 1.64 bits per heavy atom. The van der Waals surface area contributed by atoms with Gasteiger partial charge in [0.1, 0.15) is 22.7 Å². The number of hydrogen-bond acceptors (Lipinski definition) is 14. The van der Waals surface area contributed by atoms with Gasteiger partial charge in [0, 0.05) is 66.9 Å². The number of aliphatic imine (C=N–C) groups is 2. The van der Waals surface area contributed by atoms with E-state index in [0.29, 0.717) is 66.3 Å². The molecule has 66 heavy (non-hydrogen) atoms. The van der Waals surface area contributed by atoms with Gasteiger partial charge in [-0.15, -0.1) is 0 Å². The van der Waals surface area contributed by atoms with Crippen LogP contribution in [-0.4, -0.2) is 114 Å². The number of carbonyl (C=O) groups is 4. The first kappa shape index (κ1) is 46.6. The quantitative estimate of drug-likeness (QED) is 0.167. The van der Waals surface area contributed by atoms with Crippen LogP contribution in [0.15, 0.2) is 99.4 Å². The summed E-state index contributed by atoms with van der Waals surface area (Å²) in [7, 11) is 1.80. The van der Waals surface area contributed by atoms with Crippen molar-refractivity contribution in [3.8, 4) is 22.6 Å². The molecule has 4 unspecified atom stereocenters. The number of benzene rings is 4. The van der Waals surface area contributed by atoms with E-state index in [9.17, 15) is 19.2 Å². The van der Waals surface area contributed by atoms with Gasteiger partial charge in [-0.3, -0.25) is 29.0 Å². The lowest BCUT2D eigenvalue weighted by Crippen LogP contribution is -2.55. The van der Waals surface area contributed by atoms with E-state index in [4.69, 9.17) is 45.5 Å². The maximum atomic E-state index is 13.5. The standard InChI is InChI=1S/C24H25N3O4.C16H18BrN3O3.C8H9BO3/c1-15(28)16-5-3-6-17(11-16)18-7-8-20-19(12-18)24(21(29)27(2)22(25)26-24)13-23(31-20)9-4-10-30-14-23;1-20-13(21)16(19-14(20)18)8-15(5-2-6-22-9-15)23-12-4-3-10(17)7-11(12)16;1-6(10)7-3-2-4-8(5-7)9(11)12/h3,5-8,11-12H,4,9-10,13-14H2,1-2H3,(H2,25,26);3-4,7H,2,5-6,8-9H2,1H3,(H2,18,19);2-5,11-12H,1H3. The zero-order chi connectivity index (χ0) is 47.2. The van der Waals surface area contributed by atoms with Crippen LogP contribution in [0.5, 0.6) is 11.5 Å². The first-order valence-corrected chi connectivity index (χ1v) is 22.5. The Bertz CT molecular complexity index is 2670. The van der Waals surface area contributed by atoms with Crippen molar-refractivity contribution in [1.29, 1.82) is 0 Å². The number of nitrogens with two attached hydrogens (primary N) is 2. The Balaban J connectivity index is 0.000000148. The van der Waals surface area contributed by atoms with E-state index in [2.05, 4.69) is 20.9 Å². The molecule has 6 aliphatic rings. The Labute approximate surface area is 391 Å². The van der Waals surface area contributed by atoms with Crippen molar-refractivity contribution in [2.24, 2.45) is 21.5 Å². The van der Waals surface area contributed by atoms with Gasteiger partial charge in [-0.2, -0.15) is 0 Å². The summed E-state index contributed by atoms with van der Waals surface area (Å²) in [4.78, 5) is 61.3. The second-order valence-electron chi connectivity index (χ2n) is 17.7. The molecule has 4 aromatic carbocycles. The number of ether oxygens (including phenoxy) is 4. The number of halogens is 1. The lowest BCUT2D eigenvalue weighted by Gasteiger charge is -2.46. The largest absolute Gasteiger partial charge is 0.488 e. The number of carbonyl (C=O) groups excluding carboxylic acids is 4. The molecule has 6 N–H and O–H groups in total. The number of guanidine groups is 2. The highest BCUT2D eigenvalue weighted by Gasteiger charge is 2.60. The fourth-order valence-corrected chi connectivity index (χ4v) is 9.97. The number of nitrogens with zero attached hydrogens (tertiary/aromatic N) is 4. The van der Waals surface area contributed by atoms with E-state index >= 15 is 0 Å². The summed E-state index contributed by atoms with van der Waals surface area (Å²) < 4.78 is 25.0. The van der Waals surface area contributed by atoms with Gasteiger partial charge < -0.3 is 40.5 Å². The molecule has 0 bridgehead atoms. The van der Waals surface area contributed by atoms with Gasteiger partial charge in [0.2, 0.25) is 0 Å². The molecule has 0 radical (unpaired) electrons. The lowest BCUT2D eigenvalue weighted by molar-refractivity contribution is -0.139. The lowest BCUT2D eigenvalue weighted by atomic mass is 9.74. The molecule has 0 saturated carbocycles. The molecular weight excluding hydrogens is 911 g/mol. The van der Waals surface area contributed by atoms with E-state index < -0.39 is 29.4 Å². The minimum absolute atomic E-state index is 0.00354. The monoisotopic (exact) mass is 962 g/mol. The Morgan fingerprint density at radius 1 is 0.682 bits per heavy atom. The van der Waals surface area contributed by atoms with Crippen LogP contribution < -0.4 is 26.4 Å². The summed E-state index contributed by atoms with van der Waals surface area (Å²) in [5.74, 6) is 1.41. The van der Waals surface area contributed by atoms with Gasteiger partial charge >= 0.3 is 7.12 Å². The van der Waals surface area contributed by atoms with Crippen LogP contribution >= 0.6 is 15.9 Å². The van der Waals surface area contributed by atoms with E-state index in [1.807, 2.05) is 54.6 Å². The highest BCUT2D eigenvalue weighted by atomic mass is 79.9. The van der Waals surface area contributed by atoms with Crippen molar-refractivity contribution in [2.45, 2.75) is 74.7 Å². The minimum Gasteiger partial charge on any atom is -0.484 e. The molecule has 0 aromatic heterocycles. The second-order valence-corrected chi connectivity index (χ2v) is 18.6. The predicted octanol–water partition coefficient (Wildman–Crippen LogP) is 4.20. The zero-order valence-electron chi connectivity index (χ0n) is 37.2. The SMILES string of the molecule is CC(=O)c1cccc(-c2ccc3c(c2)C2(CC4(CCCOC4)O3)N=C(N)N(C)C2=O)c1.CC(=O)c1cccc(B(O)O)c1.CN1C(=O)C2(CC3(CCCOC3)Oc3ccc(Br)cc32)N=C1N. The van der Waals surface area contributed by atoms with Crippen LogP contribution in [0.2, 0.25) is 0 Å². The Kier molecular flexibility index (Phi) is 12.7. The van der Waals surface area contributed by atoms with Gasteiger partial charge in [0.05, 0.1) is 13.2 Å². The van der Waals surface area contributed by atoms with Crippen LogP contribution in [0.4, 0.5) is 0 Å². The Morgan fingerprint density at radius 2 is 1.17 bits per heavy atom. The third-order valence-electron chi connectivity index (χ3n) is 13.0. The smallest absolute Gasteiger partial charge is 0.484 e. The maximum Gasteiger partial charge on any atom is 0.488 e. The molecule has 2 fully saturated rings. The molecular formula is C48H52BBrN6O10. The van der Waals surface area contributed by atoms with Gasteiger partial charge in [-0.1, -0.05) is 64.5 Å². The van der Waals surface area contributed by atoms with Crippen molar-refractivity contribution >= 4 is 63.8 Å². The number of Topliss-reactive ketones (excluding diaryl/α,β-unsaturated/α-hetero) is 2. The molecule has 10 rings (SSSR count). The number of rotatable bonds is 4. The van der Waals surface area contributed by atoms with Crippen LogP contribution in [0.3, 0.4) is 0 Å². The van der Waals surface area contributed by atoms with Crippen molar-refractivity contribution < 1.29 is 48.2 Å². The molecule has 344 valence electrons. The molecule has 18 heteroatoms. The van der Waals surface area contributed by atoms with Crippen molar-refractivity contribution in [1.82, 2.24) is 9.80 Å². The number of hydrogen-bond donors (Lipinski definition) is 4. The normalized spacial score (nSPS) is 26.0. The van der Waals surface area contributed by atoms with E-state index in [-0.39, 0.29) is 35.3 Å². The molecule has 2 amide bonds. The van der Waals surface area contributed by atoms with E-state index in [1.54, 1.807) is 45.3 Å². The highest BCUT2D eigenvalue weighted by molar-refractivity contribution is 9.10. The minimum atomic E-state index is -1.51. The average Bonchev–Trinajstić information content (AvgIpc) is 3.65. The Hall–Kier alpha value is -5.92. The average molecular weight is 964 g/mol. The highest BCUT2D eigenvalue weighted by Crippen LogP contribution is 2.53. The molecule has 6 heterocycles. The topological polar surface area (TPSA) is 229 Å². The van der Waals surface area contributed by atoms with Crippen molar-refractivity contribution in [3.63, 3.8) is 0 Å². The molecule has 2 saturated heterocycles. The maximum absolute atomic E-state index is 13.5. The molecule has 4 aromatic rings. The van der Waals surface area contributed by atoms with E-state index in [0.717, 1.165) is 53.5 Å². The first-order valence-electron chi connectivity index (χ1n) is 21.7. The van der Waals surface area contributed by atoms with Crippen LogP contribution in [0.1, 0.15) is 84.2 Å². The summed E-state index contributed by atoms with van der Waals surface area (Å²) in [6.45, 7) is 5.29. The molecule has 6 aliphatic heterocycles. The fraction of sp³-hybridized carbons (Fsp3) is 0.375. The van der Waals surface area contributed by atoms with Gasteiger partial charge in [-0.25, -0.2) is 9.98 Å². The molecule has 0 aliphatic carbocycles. The van der Waals surface area contributed by atoms with Crippen LogP contribution in [0, 0.1) is 0 Å². The first-order chi connectivity index (χ1) is 31.4. The number of ketones is 2. The second kappa shape index (κ2) is 18.1. The molecule has 4 atom stereocenters. The number of fused-ring (bicyclic) bond motifs is 4.